The summed E-state index contributed by atoms with van der Waals surface area (Å²) in [5, 5.41) is 7.06. The third kappa shape index (κ3) is 8.35. The number of nitrogens with zero attached hydrogens (tertiary/aromatic N) is 1. The molecule has 2 N–H and O–H groups in total. The van der Waals surface area contributed by atoms with Crippen LogP contribution in [0.25, 0.3) is 0 Å². The molecule has 0 saturated carbocycles. The van der Waals surface area contributed by atoms with Crippen LogP contribution < -0.4 is 15.4 Å². The van der Waals surface area contributed by atoms with Crippen molar-refractivity contribution in [2.45, 2.75) is 11.4 Å². The third-order valence-corrected chi connectivity index (χ3v) is 4.89. The lowest BCUT2D eigenvalue weighted by Crippen LogP contribution is -2.38. The van der Waals surface area contributed by atoms with Gasteiger partial charge in [0.05, 0.1) is 11.4 Å². The molecule has 2 rings (SSSR count). The van der Waals surface area contributed by atoms with E-state index in [9.17, 15) is 8.42 Å². The molecule has 0 aliphatic rings. The minimum absolute atomic E-state index is 0. The highest BCUT2D eigenvalue weighted by Crippen LogP contribution is 2.15. The van der Waals surface area contributed by atoms with Gasteiger partial charge in [0.1, 0.15) is 12.4 Å². The van der Waals surface area contributed by atoms with E-state index in [1.54, 1.807) is 19.2 Å². The summed E-state index contributed by atoms with van der Waals surface area (Å²) < 4.78 is 28.4. The Balaban J connectivity index is 0.00000364. The Bertz CT molecular complexity index is 841. The molecule has 0 fully saturated rings. The number of hydrogen-bond donors (Lipinski definition) is 2. The van der Waals surface area contributed by atoms with Crippen LogP contribution in [0.5, 0.6) is 5.75 Å². The fraction of sp³-hybridized carbons (Fsp3) is 0.278. The predicted molar refractivity (Wildman–Crippen MR) is 120 cm³/mol. The maximum absolute atomic E-state index is 11.4. The molecule has 0 aliphatic heterocycles. The standard InChI is InChI=1S/C18H22ClN3O3S.HI/c1-20-18(22-13-14-3-5-15(19)6-4-14)21-11-12-25-16-7-9-17(10-8-16)26(2,23)24;/h3-10H,11-13H2,1-2H3,(H2,20,21,22);1H. The van der Waals surface area contributed by atoms with E-state index < -0.39 is 9.84 Å². The summed E-state index contributed by atoms with van der Waals surface area (Å²) in [4.78, 5) is 4.42. The molecule has 0 unspecified atom stereocenters. The van der Waals surface area contributed by atoms with Gasteiger partial charge in [0.2, 0.25) is 0 Å². The van der Waals surface area contributed by atoms with E-state index in [4.69, 9.17) is 16.3 Å². The van der Waals surface area contributed by atoms with Crippen molar-refractivity contribution in [3.63, 3.8) is 0 Å². The van der Waals surface area contributed by atoms with Crippen molar-refractivity contribution in [2.75, 3.05) is 26.5 Å². The van der Waals surface area contributed by atoms with Crippen LogP contribution in [-0.4, -0.2) is 40.8 Å². The SMILES string of the molecule is CN=C(NCCOc1ccc(S(C)(=O)=O)cc1)NCc1ccc(Cl)cc1.I. The van der Waals surface area contributed by atoms with Gasteiger partial charge in [0, 0.05) is 24.9 Å². The first-order chi connectivity index (χ1) is 12.4. The second-order valence-corrected chi connectivity index (χ2v) is 8.02. The minimum atomic E-state index is -3.19. The van der Waals surface area contributed by atoms with Gasteiger partial charge in [-0.15, -0.1) is 24.0 Å². The van der Waals surface area contributed by atoms with Crippen LogP contribution in [0, 0.1) is 0 Å². The summed E-state index contributed by atoms with van der Waals surface area (Å²) in [6.07, 6.45) is 1.18. The van der Waals surface area contributed by atoms with Crippen molar-refractivity contribution >= 4 is 51.4 Å². The monoisotopic (exact) mass is 523 g/mol. The Kier molecular flexibility index (Phi) is 9.89. The Morgan fingerprint density at radius 1 is 1.07 bits per heavy atom. The molecule has 0 aromatic heterocycles. The van der Waals surface area contributed by atoms with Crippen LogP contribution >= 0.6 is 35.6 Å². The van der Waals surface area contributed by atoms with E-state index in [-0.39, 0.29) is 28.9 Å². The molecule has 0 radical (unpaired) electrons. The van der Waals surface area contributed by atoms with E-state index >= 15 is 0 Å². The first-order valence-electron chi connectivity index (χ1n) is 8.00. The quantitative estimate of drug-likeness (QED) is 0.252. The van der Waals surface area contributed by atoms with Gasteiger partial charge in [-0.3, -0.25) is 4.99 Å². The van der Waals surface area contributed by atoms with Gasteiger partial charge in [0.15, 0.2) is 15.8 Å². The minimum Gasteiger partial charge on any atom is -0.492 e. The molecule has 148 valence electrons. The normalized spacial score (nSPS) is 11.4. The largest absolute Gasteiger partial charge is 0.492 e. The summed E-state index contributed by atoms with van der Waals surface area (Å²) in [6, 6.07) is 13.9. The van der Waals surface area contributed by atoms with Gasteiger partial charge >= 0.3 is 0 Å². The van der Waals surface area contributed by atoms with Gasteiger partial charge in [-0.05, 0) is 42.0 Å². The highest BCUT2D eigenvalue weighted by atomic mass is 127. The van der Waals surface area contributed by atoms with E-state index in [1.165, 1.54) is 18.4 Å². The van der Waals surface area contributed by atoms with Gasteiger partial charge < -0.3 is 15.4 Å². The number of guanidine groups is 1. The van der Waals surface area contributed by atoms with Gasteiger partial charge in [0.25, 0.3) is 0 Å². The summed E-state index contributed by atoms with van der Waals surface area (Å²) in [5.74, 6) is 1.28. The van der Waals surface area contributed by atoms with Crippen LogP contribution in [0.15, 0.2) is 58.4 Å². The number of ether oxygens (including phenoxy) is 1. The van der Waals surface area contributed by atoms with Crippen LogP contribution in [0.3, 0.4) is 0 Å². The Morgan fingerprint density at radius 2 is 1.70 bits per heavy atom. The predicted octanol–water partition coefficient (Wildman–Crippen LogP) is 3.11. The van der Waals surface area contributed by atoms with Gasteiger partial charge in [-0.1, -0.05) is 23.7 Å². The van der Waals surface area contributed by atoms with E-state index in [1.807, 2.05) is 24.3 Å². The Hall–Kier alpha value is -1.52. The molecule has 0 bridgehead atoms. The average molecular weight is 524 g/mol. The molecule has 0 aliphatic carbocycles. The van der Waals surface area contributed by atoms with Crippen molar-refractivity contribution in [3.8, 4) is 5.75 Å². The van der Waals surface area contributed by atoms with E-state index in [0.29, 0.717) is 36.4 Å². The third-order valence-electron chi connectivity index (χ3n) is 3.51. The zero-order valence-electron chi connectivity index (χ0n) is 15.1. The second-order valence-electron chi connectivity index (χ2n) is 5.57. The molecule has 0 spiro atoms. The van der Waals surface area contributed by atoms with Crippen LogP contribution in [0.1, 0.15) is 5.56 Å². The van der Waals surface area contributed by atoms with Crippen molar-refractivity contribution in [3.05, 3.63) is 59.1 Å². The van der Waals surface area contributed by atoms with Crippen LogP contribution in [0.4, 0.5) is 0 Å². The number of sulfone groups is 1. The number of aliphatic imine (C=N–C) groups is 1. The summed E-state index contributed by atoms with van der Waals surface area (Å²) >= 11 is 5.87. The van der Waals surface area contributed by atoms with E-state index in [0.717, 1.165) is 5.56 Å². The number of halogens is 2. The Labute approximate surface area is 182 Å². The fourth-order valence-electron chi connectivity index (χ4n) is 2.13. The highest BCUT2D eigenvalue weighted by Gasteiger charge is 2.06. The molecule has 6 nitrogen and oxygen atoms in total. The van der Waals surface area contributed by atoms with Crippen molar-refractivity contribution in [2.24, 2.45) is 4.99 Å². The molecular formula is C18H23ClIN3O3S. The van der Waals surface area contributed by atoms with Crippen molar-refractivity contribution < 1.29 is 13.2 Å². The molecule has 2 aromatic carbocycles. The first-order valence-corrected chi connectivity index (χ1v) is 10.3. The molecule has 0 saturated heterocycles. The van der Waals surface area contributed by atoms with Gasteiger partial charge in [-0.25, -0.2) is 8.42 Å². The number of benzene rings is 2. The second kappa shape index (κ2) is 11.4. The lowest BCUT2D eigenvalue weighted by molar-refractivity contribution is 0.321. The zero-order valence-corrected chi connectivity index (χ0v) is 19.0. The zero-order chi connectivity index (χ0) is 19.0. The fourth-order valence-corrected chi connectivity index (χ4v) is 2.89. The lowest BCUT2D eigenvalue weighted by Gasteiger charge is -2.13. The molecule has 27 heavy (non-hydrogen) atoms. The molecule has 2 aromatic rings. The van der Waals surface area contributed by atoms with Gasteiger partial charge in [-0.2, -0.15) is 0 Å². The number of hydrogen-bond acceptors (Lipinski definition) is 4. The van der Waals surface area contributed by atoms with Crippen LogP contribution in [0.2, 0.25) is 5.02 Å². The lowest BCUT2D eigenvalue weighted by atomic mass is 10.2. The Morgan fingerprint density at radius 3 is 2.26 bits per heavy atom. The first kappa shape index (κ1) is 23.5. The van der Waals surface area contributed by atoms with Crippen LogP contribution in [-0.2, 0) is 16.4 Å². The smallest absolute Gasteiger partial charge is 0.191 e. The molecule has 0 atom stereocenters. The van der Waals surface area contributed by atoms with Crippen molar-refractivity contribution in [1.82, 2.24) is 10.6 Å². The molecule has 0 heterocycles. The number of rotatable bonds is 7. The summed E-state index contributed by atoms with van der Waals surface area (Å²) in [7, 11) is -1.49. The maximum Gasteiger partial charge on any atom is 0.191 e. The molecule has 0 amide bonds. The molecular weight excluding hydrogens is 501 g/mol. The number of nitrogens with one attached hydrogen (secondary N) is 2. The molecule has 9 heteroatoms. The highest BCUT2D eigenvalue weighted by molar-refractivity contribution is 14.0. The van der Waals surface area contributed by atoms with E-state index in [2.05, 4.69) is 15.6 Å². The summed E-state index contributed by atoms with van der Waals surface area (Å²) in [5.41, 5.74) is 1.10. The maximum atomic E-state index is 11.4. The average Bonchev–Trinajstić information content (AvgIpc) is 2.62. The van der Waals surface area contributed by atoms with Crippen molar-refractivity contribution in [1.29, 1.82) is 0 Å². The summed E-state index contributed by atoms with van der Waals surface area (Å²) in [6.45, 7) is 1.60. The topological polar surface area (TPSA) is 79.8 Å².